The van der Waals surface area contributed by atoms with Gasteiger partial charge in [0.25, 0.3) is 0 Å². The summed E-state index contributed by atoms with van der Waals surface area (Å²) in [7, 11) is 0. The Labute approximate surface area is 120 Å². The molecule has 0 amide bonds. The molecule has 0 aliphatic carbocycles. The average molecular weight is 321 g/mol. The molecule has 0 aromatic heterocycles. The van der Waals surface area contributed by atoms with Crippen LogP contribution >= 0.6 is 0 Å². The number of benzene rings is 2. The fourth-order valence-electron chi connectivity index (χ4n) is 1.71. The zero-order chi connectivity index (χ0) is 16.4. The number of ether oxygens (including phenoxy) is 2. The molecule has 8 heteroatoms. The molecule has 0 fully saturated rings. The van der Waals surface area contributed by atoms with Crippen LogP contribution in [0.1, 0.15) is 0 Å². The van der Waals surface area contributed by atoms with Crippen LogP contribution in [0.3, 0.4) is 0 Å². The maximum Gasteiger partial charge on any atom is 0.573 e. The smallest absolute Gasteiger partial charge is 0.406 e. The molecule has 0 unspecified atom stereocenters. The van der Waals surface area contributed by atoms with E-state index in [0.717, 1.165) is 12.1 Å². The highest BCUT2D eigenvalue weighted by Crippen LogP contribution is 2.37. The first-order chi connectivity index (χ1) is 10.1. The minimum absolute atomic E-state index is 0.0382. The van der Waals surface area contributed by atoms with E-state index >= 15 is 0 Å². The van der Waals surface area contributed by atoms with Gasteiger partial charge in [-0.25, -0.2) is 0 Å². The van der Waals surface area contributed by atoms with E-state index < -0.39 is 24.2 Å². The standard InChI is InChI=1S/C14H7F6O2/c15-13(16,17)21-10-6-7-11(9-4-2-1-3-5-9)12(8-10)22-14(18,19)20/h1-2,4-8H. The highest BCUT2D eigenvalue weighted by molar-refractivity contribution is 5.71. The van der Waals surface area contributed by atoms with Gasteiger partial charge in [0, 0.05) is 11.6 Å². The maximum atomic E-state index is 12.4. The minimum atomic E-state index is -5.05. The molecule has 0 aliphatic rings. The topological polar surface area (TPSA) is 18.5 Å². The molecule has 2 aromatic rings. The van der Waals surface area contributed by atoms with Gasteiger partial charge in [0.1, 0.15) is 11.5 Å². The van der Waals surface area contributed by atoms with Crippen LogP contribution in [0, 0.1) is 6.07 Å². The van der Waals surface area contributed by atoms with E-state index in [0.29, 0.717) is 11.6 Å². The van der Waals surface area contributed by atoms with Crippen molar-refractivity contribution in [2.24, 2.45) is 0 Å². The van der Waals surface area contributed by atoms with Crippen molar-refractivity contribution in [1.82, 2.24) is 0 Å². The first-order valence-electron chi connectivity index (χ1n) is 5.76. The maximum absolute atomic E-state index is 12.4. The number of hydrogen-bond acceptors (Lipinski definition) is 2. The molecule has 0 bridgehead atoms. The van der Waals surface area contributed by atoms with Crippen molar-refractivity contribution in [2.45, 2.75) is 12.7 Å². The van der Waals surface area contributed by atoms with Crippen LogP contribution in [0.25, 0.3) is 11.1 Å². The Balaban J connectivity index is 2.45. The zero-order valence-electron chi connectivity index (χ0n) is 10.6. The summed E-state index contributed by atoms with van der Waals surface area (Å²) in [5.74, 6) is -1.61. The lowest BCUT2D eigenvalue weighted by molar-refractivity contribution is -0.276. The van der Waals surface area contributed by atoms with Gasteiger partial charge in [-0.05, 0) is 29.8 Å². The van der Waals surface area contributed by atoms with E-state index in [4.69, 9.17) is 0 Å². The summed E-state index contributed by atoms with van der Waals surface area (Å²) in [5, 5.41) is 0. The highest BCUT2D eigenvalue weighted by Gasteiger charge is 2.34. The Bertz CT molecular complexity index is 634. The molecule has 0 spiro atoms. The van der Waals surface area contributed by atoms with Gasteiger partial charge in [-0.2, -0.15) is 0 Å². The molecule has 0 heterocycles. The fraction of sp³-hybridized carbons (Fsp3) is 0.143. The highest BCUT2D eigenvalue weighted by atomic mass is 19.4. The van der Waals surface area contributed by atoms with Crippen molar-refractivity contribution in [3.05, 3.63) is 48.5 Å². The molecule has 0 aliphatic heterocycles. The van der Waals surface area contributed by atoms with E-state index in [2.05, 4.69) is 15.5 Å². The summed E-state index contributed by atoms with van der Waals surface area (Å²) in [6.45, 7) is 0. The second kappa shape index (κ2) is 5.78. The summed E-state index contributed by atoms with van der Waals surface area (Å²) in [5.41, 5.74) is 0.268. The third kappa shape index (κ3) is 4.57. The monoisotopic (exact) mass is 321 g/mol. The van der Waals surface area contributed by atoms with Crippen LogP contribution in [0.15, 0.2) is 42.5 Å². The number of halogens is 6. The van der Waals surface area contributed by atoms with Crippen molar-refractivity contribution in [3.63, 3.8) is 0 Å². The molecule has 2 aromatic carbocycles. The van der Waals surface area contributed by atoms with E-state index in [-0.39, 0.29) is 5.56 Å². The summed E-state index contributed by atoms with van der Waals surface area (Å²) >= 11 is 0. The predicted octanol–water partition coefficient (Wildman–Crippen LogP) is 4.95. The third-order valence-electron chi connectivity index (χ3n) is 2.43. The molecule has 0 atom stereocenters. The van der Waals surface area contributed by atoms with Gasteiger partial charge < -0.3 is 9.47 Å². The van der Waals surface area contributed by atoms with Gasteiger partial charge >= 0.3 is 12.7 Å². The van der Waals surface area contributed by atoms with Crippen LogP contribution in [0.5, 0.6) is 11.5 Å². The van der Waals surface area contributed by atoms with E-state index in [1.54, 1.807) is 0 Å². The summed E-state index contributed by atoms with van der Waals surface area (Å²) in [6.07, 6.45) is -10.1. The van der Waals surface area contributed by atoms with Crippen molar-refractivity contribution >= 4 is 0 Å². The summed E-state index contributed by atoms with van der Waals surface area (Å²) in [4.78, 5) is 0. The lowest BCUT2D eigenvalue weighted by atomic mass is 10.0. The molecule has 0 saturated heterocycles. The van der Waals surface area contributed by atoms with Crippen LogP contribution in [-0.4, -0.2) is 12.7 Å². The van der Waals surface area contributed by atoms with Crippen LogP contribution in [-0.2, 0) is 0 Å². The Hall–Kier alpha value is -2.38. The van der Waals surface area contributed by atoms with Gasteiger partial charge in [-0.1, -0.05) is 18.2 Å². The number of hydrogen-bond donors (Lipinski definition) is 0. The number of rotatable bonds is 3. The molecule has 0 N–H and O–H groups in total. The average Bonchev–Trinajstić information content (AvgIpc) is 2.36. The first kappa shape index (κ1) is 16.0. The lowest BCUT2D eigenvalue weighted by Gasteiger charge is -2.16. The summed E-state index contributed by atoms with van der Waals surface area (Å²) < 4.78 is 81.0. The van der Waals surface area contributed by atoms with Crippen molar-refractivity contribution in [1.29, 1.82) is 0 Å². The largest absolute Gasteiger partial charge is 0.573 e. The predicted molar refractivity (Wildman–Crippen MR) is 64.1 cm³/mol. The Morgan fingerprint density at radius 2 is 1.55 bits per heavy atom. The lowest BCUT2D eigenvalue weighted by Crippen LogP contribution is -2.19. The molecule has 2 rings (SSSR count). The SMILES string of the molecule is FC(F)(F)Oc1ccc(-c2c[c]ccc2)c(OC(F)(F)F)c1. The van der Waals surface area contributed by atoms with Crippen molar-refractivity contribution < 1.29 is 35.8 Å². The van der Waals surface area contributed by atoms with Crippen molar-refractivity contribution in [2.75, 3.05) is 0 Å². The quantitative estimate of drug-likeness (QED) is 0.745. The van der Waals surface area contributed by atoms with E-state index in [1.165, 1.54) is 24.3 Å². The molecule has 0 saturated carbocycles. The minimum Gasteiger partial charge on any atom is -0.406 e. The van der Waals surface area contributed by atoms with E-state index in [1.807, 2.05) is 0 Å². The normalized spacial score (nSPS) is 12.1. The van der Waals surface area contributed by atoms with Gasteiger partial charge in [0.2, 0.25) is 0 Å². The Morgan fingerprint density at radius 3 is 2.09 bits per heavy atom. The van der Waals surface area contributed by atoms with Gasteiger partial charge in [0.15, 0.2) is 0 Å². The van der Waals surface area contributed by atoms with Gasteiger partial charge in [-0.3, -0.25) is 0 Å². The zero-order valence-corrected chi connectivity index (χ0v) is 10.6. The van der Waals surface area contributed by atoms with E-state index in [9.17, 15) is 26.3 Å². The fourth-order valence-corrected chi connectivity index (χ4v) is 1.71. The van der Waals surface area contributed by atoms with Crippen LogP contribution in [0.2, 0.25) is 0 Å². The second-order valence-corrected chi connectivity index (χ2v) is 4.05. The second-order valence-electron chi connectivity index (χ2n) is 4.05. The molecule has 1 radical (unpaired) electrons. The van der Waals surface area contributed by atoms with Gasteiger partial charge in [0.05, 0.1) is 0 Å². The Kier molecular flexibility index (Phi) is 4.20. The first-order valence-corrected chi connectivity index (χ1v) is 5.76. The van der Waals surface area contributed by atoms with Crippen LogP contribution < -0.4 is 9.47 Å². The molecular weight excluding hydrogens is 314 g/mol. The Morgan fingerprint density at radius 1 is 0.864 bits per heavy atom. The van der Waals surface area contributed by atoms with Crippen LogP contribution in [0.4, 0.5) is 26.3 Å². The van der Waals surface area contributed by atoms with Gasteiger partial charge in [-0.15, -0.1) is 26.3 Å². The molecule has 22 heavy (non-hydrogen) atoms. The third-order valence-corrected chi connectivity index (χ3v) is 2.43. The summed E-state index contributed by atoms with van der Waals surface area (Å²) in [6, 6.07) is 11.0. The molecule has 2 nitrogen and oxygen atoms in total. The number of alkyl halides is 6. The van der Waals surface area contributed by atoms with Crippen molar-refractivity contribution in [3.8, 4) is 22.6 Å². The molecular formula is C14H7F6O2. The molecule has 117 valence electrons.